The first-order chi connectivity index (χ1) is 6.70. The Morgan fingerprint density at radius 3 is 2.86 bits per heavy atom. The highest BCUT2D eigenvalue weighted by atomic mass is 15.1. The SMILES string of the molecule is CNc1nc(C)nc2c1CN(C)CC2. The van der Waals surface area contributed by atoms with Crippen molar-refractivity contribution in [2.75, 3.05) is 26.0 Å². The number of hydrogen-bond acceptors (Lipinski definition) is 4. The normalized spacial score (nSPS) is 16.5. The largest absolute Gasteiger partial charge is 0.373 e. The summed E-state index contributed by atoms with van der Waals surface area (Å²) in [5.74, 6) is 1.84. The van der Waals surface area contributed by atoms with Crippen molar-refractivity contribution < 1.29 is 0 Å². The molecular weight excluding hydrogens is 176 g/mol. The average Bonchev–Trinajstić information content (AvgIpc) is 2.17. The van der Waals surface area contributed by atoms with Gasteiger partial charge in [-0.25, -0.2) is 9.97 Å². The zero-order chi connectivity index (χ0) is 10.1. The zero-order valence-electron chi connectivity index (χ0n) is 8.96. The second-order valence-corrected chi connectivity index (χ2v) is 3.78. The molecule has 0 amide bonds. The van der Waals surface area contributed by atoms with Gasteiger partial charge in [0.25, 0.3) is 0 Å². The van der Waals surface area contributed by atoms with E-state index in [9.17, 15) is 0 Å². The second kappa shape index (κ2) is 3.53. The quantitative estimate of drug-likeness (QED) is 0.715. The van der Waals surface area contributed by atoms with E-state index >= 15 is 0 Å². The highest BCUT2D eigenvalue weighted by molar-refractivity contribution is 5.47. The molecule has 1 aliphatic rings. The number of rotatable bonds is 1. The van der Waals surface area contributed by atoms with Crippen LogP contribution in [0.1, 0.15) is 17.1 Å². The van der Waals surface area contributed by atoms with Crippen molar-refractivity contribution in [2.24, 2.45) is 0 Å². The van der Waals surface area contributed by atoms with Crippen molar-refractivity contribution in [3.63, 3.8) is 0 Å². The first-order valence-corrected chi connectivity index (χ1v) is 4.93. The number of fused-ring (bicyclic) bond motifs is 1. The predicted molar refractivity (Wildman–Crippen MR) is 56.4 cm³/mol. The lowest BCUT2D eigenvalue weighted by molar-refractivity contribution is 0.309. The van der Waals surface area contributed by atoms with E-state index < -0.39 is 0 Å². The maximum absolute atomic E-state index is 4.48. The van der Waals surface area contributed by atoms with Crippen LogP contribution >= 0.6 is 0 Å². The third kappa shape index (κ3) is 1.57. The molecule has 1 N–H and O–H groups in total. The number of aromatic nitrogens is 2. The van der Waals surface area contributed by atoms with Crippen LogP contribution < -0.4 is 5.32 Å². The van der Waals surface area contributed by atoms with Crippen LogP contribution in [0.4, 0.5) is 5.82 Å². The van der Waals surface area contributed by atoms with E-state index in [1.54, 1.807) is 0 Å². The van der Waals surface area contributed by atoms with Gasteiger partial charge in [0.2, 0.25) is 0 Å². The molecule has 2 heterocycles. The van der Waals surface area contributed by atoms with Gasteiger partial charge in [-0.3, -0.25) is 0 Å². The summed E-state index contributed by atoms with van der Waals surface area (Å²) in [6.07, 6.45) is 1.03. The highest BCUT2D eigenvalue weighted by Gasteiger charge is 2.18. The lowest BCUT2D eigenvalue weighted by atomic mass is 10.1. The van der Waals surface area contributed by atoms with Crippen LogP contribution in [0.3, 0.4) is 0 Å². The van der Waals surface area contributed by atoms with Gasteiger partial charge in [-0.2, -0.15) is 0 Å². The number of hydrogen-bond donors (Lipinski definition) is 1. The number of anilines is 1. The Kier molecular flexibility index (Phi) is 2.37. The summed E-state index contributed by atoms with van der Waals surface area (Å²) in [6, 6.07) is 0. The monoisotopic (exact) mass is 192 g/mol. The van der Waals surface area contributed by atoms with E-state index in [1.165, 1.54) is 11.3 Å². The fourth-order valence-corrected chi connectivity index (χ4v) is 1.88. The molecular formula is C10H16N4. The Hall–Kier alpha value is -1.16. The topological polar surface area (TPSA) is 41.1 Å². The molecule has 2 rings (SSSR count). The zero-order valence-corrected chi connectivity index (χ0v) is 8.96. The third-order valence-corrected chi connectivity index (χ3v) is 2.60. The smallest absolute Gasteiger partial charge is 0.134 e. The van der Waals surface area contributed by atoms with Gasteiger partial charge in [-0.05, 0) is 14.0 Å². The Morgan fingerprint density at radius 1 is 1.36 bits per heavy atom. The van der Waals surface area contributed by atoms with Gasteiger partial charge >= 0.3 is 0 Å². The summed E-state index contributed by atoms with van der Waals surface area (Å²) < 4.78 is 0. The van der Waals surface area contributed by atoms with Crippen LogP contribution in [0.25, 0.3) is 0 Å². The van der Waals surface area contributed by atoms with E-state index in [2.05, 4.69) is 27.2 Å². The molecule has 0 atom stereocenters. The van der Waals surface area contributed by atoms with Gasteiger partial charge < -0.3 is 10.2 Å². The molecule has 0 fully saturated rings. The van der Waals surface area contributed by atoms with Gasteiger partial charge in [0.05, 0.1) is 5.69 Å². The van der Waals surface area contributed by atoms with Crippen LogP contribution in [0.2, 0.25) is 0 Å². The fraction of sp³-hybridized carbons (Fsp3) is 0.600. The minimum absolute atomic E-state index is 0.859. The highest BCUT2D eigenvalue weighted by Crippen LogP contribution is 2.22. The standard InChI is InChI=1S/C10H16N4/c1-7-12-9-4-5-14(3)6-8(9)10(11-2)13-7/h4-6H2,1-3H3,(H,11,12,13). The van der Waals surface area contributed by atoms with Gasteiger partial charge in [0.15, 0.2) is 0 Å². The number of likely N-dealkylation sites (N-methyl/N-ethyl adjacent to an activating group) is 1. The first kappa shape index (κ1) is 9.40. The van der Waals surface area contributed by atoms with Crippen LogP contribution in [0.5, 0.6) is 0 Å². The molecule has 4 heteroatoms. The molecule has 0 aromatic carbocycles. The molecule has 1 aromatic rings. The second-order valence-electron chi connectivity index (χ2n) is 3.78. The van der Waals surface area contributed by atoms with Crippen molar-refractivity contribution in [1.82, 2.24) is 14.9 Å². The number of nitrogens with one attached hydrogen (secondary N) is 1. The van der Waals surface area contributed by atoms with E-state index in [-0.39, 0.29) is 0 Å². The molecule has 4 nitrogen and oxygen atoms in total. The molecule has 1 aliphatic heterocycles. The molecule has 0 bridgehead atoms. The van der Waals surface area contributed by atoms with Gasteiger partial charge in [-0.1, -0.05) is 0 Å². The number of nitrogens with zero attached hydrogens (tertiary/aromatic N) is 3. The fourth-order valence-electron chi connectivity index (χ4n) is 1.88. The minimum atomic E-state index is 0.859. The summed E-state index contributed by atoms with van der Waals surface area (Å²) in [4.78, 5) is 11.2. The molecule has 0 saturated heterocycles. The van der Waals surface area contributed by atoms with Crippen LogP contribution in [0.15, 0.2) is 0 Å². The van der Waals surface area contributed by atoms with E-state index in [0.29, 0.717) is 0 Å². The molecule has 14 heavy (non-hydrogen) atoms. The minimum Gasteiger partial charge on any atom is -0.373 e. The van der Waals surface area contributed by atoms with Gasteiger partial charge in [0.1, 0.15) is 11.6 Å². The van der Waals surface area contributed by atoms with Gasteiger partial charge in [0, 0.05) is 32.1 Å². The summed E-state index contributed by atoms with van der Waals surface area (Å²) in [5.41, 5.74) is 2.46. The maximum atomic E-state index is 4.48. The maximum Gasteiger partial charge on any atom is 0.134 e. The lowest BCUT2D eigenvalue weighted by Gasteiger charge is -2.25. The predicted octanol–water partition coefficient (Wildman–Crippen LogP) is 0.815. The molecule has 76 valence electrons. The van der Waals surface area contributed by atoms with Gasteiger partial charge in [-0.15, -0.1) is 0 Å². The summed E-state index contributed by atoms with van der Waals surface area (Å²) in [6.45, 7) is 3.98. The van der Waals surface area contributed by atoms with Crippen molar-refractivity contribution in [3.05, 3.63) is 17.1 Å². The third-order valence-electron chi connectivity index (χ3n) is 2.60. The molecule has 1 aromatic heterocycles. The first-order valence-electron chi connectivity index (χ1n) is 4.93. The lowest BCUT2D eigenvalue weighted by Crippen LogP contribution is -2.28. The Balaban J connectivity index is 2.47. The summed E-state index contributed by atoms with van der Waals surface area (Å²) in [5, 5.41) is 3.14. The van der Waals surface area contributed by atoms with E-state index in [1.807, 2.05) is 14.0 Å². The van der Waals surface area contributed by atoms with E-state index in [4.69, 9.17) is 0 Å². The molecule has 0 radical (unpaired) electrons. The van der Waals surface area contributed by atoms with Crippen molar-refractivity contribution in [1.29, 1.82) is 0 Å². The molecule has 0 aliphatic carbocycles. The van der Waals surface area contributed by atoms with E-state index in [0.717, 1.165) is 31.2 Å². The molecule has 0 unspecified atom stereocenters. The molecule has 0 spiro atoms. The Morgan fingerprint density at radius 2 is 2.14 bits per heavy atom. The Bertz CT molecular complexity index is 331. The molecule has 0 saturated carbocycles. The Labute approximate surface area is 84.4 Å². The summed E-state index contributed by atoms with van der Waals surface area (Å²) in [7, 11) is 4.04. The van der Waals surface area contributed by atoms with Crippen molar-refractivity contribution >= 4 is 5.82 Å². The van der Waals surface area contributed by atoms with Crippen LogP contribution in [0, 0.1) is 6.92 Å². The van der Waals surface area contributed by atoms with Crippen LogP contribution in [-0.2, 0) is 13.0 Å². The van der Waals surface area contributed by atoms with Crippen LogP contribution in [-0.4, -0.2) is 35.5 Å². The summed E-state index contributed by atoms with van der Waals surface area (Å²) >= 11 is 0. The van der Waals surface area contributed by atoms with Crippen molar-refractivity contribution in [3.8, 4) is 0 Å². The average molecular weight is 192 g/mol. The van der Waals surface area contributed by atoms with Crippen molar-refractivity contribution in [2.45, 2.75) is 19.9 Å². The number of aryl methyl sites for hydroxylation is 1.